The lowest BCUT2D eigenvalue weighted by Crippen LogP contribution is -2.28. The third-order valence-electron chi connectivity index (χ3n) is 4.67. The summed E-state index contributed by atoms with van der Waals surface area (Å²) in [5.41, 5.74) is 2.62. The topological polar surface area (TPSA) is 114 Å². The van der Waals surface area contributed by atoms with Crippen LogP contribution in [0.4, 0.5) is 5.69 Å². The van der Waals surface area contributed by atoms with E-state index in [1.54, 1.807) is 36.4 Å². The van der Waals surface area contributed by atoms with Crippen LogP contribution < -0.4 is 10.9 Å². The van der Waals surface area contributed by atoms with Crippen LogP contribution in [0, 0.1) is 18.3 Å². The number of aromatic nitrogens is 3. The fraction of sp³-hybridized carbons (Fsp3) is 0.0870. The van der Waals surface area contributed by atoms with Crippen molar-refractivity contribution in [2.24, 2.45) is 0 Å². The Kier molecular flexibility index (Phi) is 5.41. The number of amides is 1. The van der Waals surface area contributed by atoms with Gasteiger partial charge in [0.15, 0.2) is 0 Å². The molecule has 1 amide bonds. The second-order valence-electron chi connectivity index (χ2n) is 6.83. The molecule has 0 saturated carbocycles. The van der Waals surface area contributed by atoms with Crippen LogP contribution in [-0.2, 0) is 11.3 Å². The monoisotopic (exact) mass is 411 g/mol. The molecule has 31 heavy (non-hydrogen) atoms. The number of nitrogens with zero attached hydrogens (tertiary/aromatic N) is 4. The van der Waals surface area contributed by atoms with E-state index in [0.29, 0.717) is 17.1 Å². The highest BCUT2D eigenvalue weighted by Gasteiger charge is 2.16. The Morgan fingerprint density at radius 2 is 1.84 bits per heavy atom. The maximum absolute atomic E-state index is 12.9. The van der Waals surface area contributed by atoms with E-state index in [1.807, 2.05) is 37.3 Å². The van der Waals surface area contributed by atoms with Gasteiger partial charge in [-0.25, -0.2) is 0 Å². The molecule has 4 rings (SSSR count). The van der Waals surface area contributed by atoms with Crippen molar-refractivity contribution >= 4 is 11.6 Å². The number of rotatable bonds is 5. The Bertz CT molecular complexity index is 1350. The van der Waals surface area contributed by atoms with Crippen LogP contribution in [0.2, 0.25) is 0 Å². The number of nitriles is 1. The number of carbonyl (C=O) groups is 1. The molecule has 8 heteroatoms. The Hall–Kier alpha value is -4.51. The summed E-state index contributed by atoms with van der Waals surface area (Å²) < 4.78 is 6.59. The van der Waals surface area contributed by atoms with Gasteiger partial charge in [0, 0.05) is 17.4 Å². The summed E-state index contributed by atoms with van der Waals surface area (Å²) in [4.78, 5) is 29.6. The summed E-state index contributed by atoms with van der Waals surface area (Å²) >= 11 is 0. The van der Waals surface area contributed by atoms with Crippen LogP contribution in [0.3, 0.4) is 0 Å². The molecule has 0 aliphatic carbocycles. The van der Waals surface area contributed by atoms with E-state index >= 15 is 0 Å². The maximum atomic E-state index is 12.9. The van der Waals surface area contributed by atoms with Crippen LogP contribution in [0.1, 0.15) is 11.1 Å². The van der Waals surface area contributed by atoms with Gasteiger partial charge in [-0.1, -0.05) is 29.4 Å². The van der Waals surface area contributed by atoms with Crippen molar-refractivity contribution in [1.82, 2.24) is 14.7 Å². The molecule has 0 aliphatic heterocycles. The third-order valence-corrected chi connectivity index (χ3v) is 4.67. The van der Waals surface area contributed by atoms with Gasteiger partial charge in [0.2, 0.25) is 11.7 Å². The highest BCUT2D eigenvalue weighted by molar-refractivity contribution is 5.90. The lowest BCUT2D eigenvalue weighted by Gasteiger charge is -2.08. The van der Waals surface area contributed by atoms with Gasteiger partial charge in [-0.05, 0) is 48.9 Å². The van der Waals surface area contributed by atoms with E-state index in [9.17, 15) is 9.59 Å². The lowest BCUT2D eigenvalue weighted by molar-refractivity contribution is -0.116. The molecule has 4 aromatic rings. The fourth-order valence-corrected chi connectivity index (χ4v) is 3.07. The molecule has 0 atom stereocenters. The first-order chi connectivity index (χ1) is 15.0. The van der Waals surface area contributed by atoms with Gasteiger partial charge in [-0.15, -0.1) is 0 Å². The Morgan fingerprint density at radius 3 is 2.58 bits per heavy atom. The van der Waals surface area contributed by atoms with Crippen molar-refractivity contribution in [3.63, 3.8) is 0 Å². The van der Waals surface area contributed by atoms with Gasteiger partial charge in [-0.3, -0.25) is 9.59 Å². The zero-order valence-electron chi connectivity index (χ0n) is 16.6. The quantitative estimate of drug-likeness (QED) is 0.538. The zero-order chi connectivity index (χ0) is 21.8. The largest absolute Gasteiger partial charge is 0.333 e. The molecule has 0 fully saturated rings. The Labute approximate surface area is 177 Å². The average molecular weight is 411 g/mol. The number of pyridine rings is 1. The molecule has 0 spiro atoms. The predicted octanol–water partition coefficient (Wildman–Crippen LogP) is 3.38. The first-order valence-corrected chi connectivity index (χ1v) is 9.45. The smallest absolute Gasteiger partial charge is 0.263 e. The van der Waals surface area contributed by atoms with Crippen LogP contribution in [0.25, 0.3) is 22.8 Å². The van der Waals surface area contributed by atoms with Crippen molar-refractivity contribution in [3.8, 4) is 28.9 Å². The van der Waals surface area contributed by atoms with Crippen molar-refractivity contribution in [3.05, 3.63) is 88.3 Å². The fourth-order valence-electron chi connectivity index (χ4n) is 3.07. The standard InChI is InChI=1S/C23H17N5O3/c1-15-5-2-3-6-18(15)21-26-22(31-27-21)19-7-4-12-28(23(19)30)14-20(29)25-17-10-8-16(13-24)9-11-17/h2-12H,14H2,1H3,(H,25,29). The normalized spacial score (nSPS) is 10.5. The number of hydrogen-bond donors (Lipinski definition) is 1. The summed E-state index contributed by atoms with van der Waals surface area (Å²) in [6.45, 7) is 1.75. The second kappa shape index (κ2) is 8.47. The zero-order valence-corrected chi connectivity index (χ0v) is 16.6. The lowest BCUT2D eigenvalue weighted by atomic mass is 10.1. The van der Waals surface area contributed by atoms with Gasteiger partial charge >= 0.3 is 0 Å². The Balaban J connectivity index is 1.55. The first-order valence-electron chi connectivity index (χ1n) is 9.45. The van der Waals surface area contributed by atoms with Crippen molar-refractivity contribution in [1.29, 1.82) is 5.26 Å². The van der Waals surface area contributed by atoms with Crippen molar-refractivity contribution in [2.45, 2.75) is 13.5 Å². The number of anilines is 1. The molecular weight excluding hydrogens is 394 g/mol. The van der Waals surface area contributed by atoms with E-state index in [4.69, 9.17) is 9.78 Å². The molecule has 2 heterocycles. The van der Waals surface area contributed by atoms with E-state index in [0.717, 1.165) is 11.1 Å². The summed E-state index contributed by atoms with van der Waals surface area (Å²) in [6.07, 6.45) is 1.52. The van der Waals surface area contributed by atoms with Gasteiger partial charge in [0.05, 0.1) is 11.6 Å². The van der Waals surface area contributed by atoms with Gasteiger partial charge < -0.3 is 14.4 Å². The summed E-state index contributed by atoms with van der Waals surface area (Å²) in [6, 6.07) is 19.3. The number of aryl methyl sites for hydroxylation is 1. The highest BCUT2D eigenvalue weighted by atomic mass is 16.5. The van der Waals surface area contributed by atoms with E-state index in [2.05, 4.69) is 15.5 Å². The van der Waals surface area contributed by atoms with Crippen molar-refractivity contribution in [2.75, 3.05) is 5.32 Å². The predicted molar refractivity (Wildman–Crippen MR) is 114 cm³/mol. The molecule has 2 aromatic heterocycles. The average Bonchev–Trinajstić information content (AvgIpc) is 3.26. The summed E-state index contributed by atoms with van der Waals surface area (Å²) in [5, 5.41) is 15.5. The minimum Gasteiger partial charge on any atom is -0.333 e. The van der Waals surface area contributed by atoms with E-state index in [1.165, 1.54) is 10.8 Å². The van der Waals surface area contributed by atoms with Crippen LogP contribution in [0.5, 0.6) is 0 Å². The SMILES string of the molecule is Cc1ccccc1-c1noc(-c2cccn(CC(=O)Nc3ccc(C#N)cc3)c2=O)n1. The minimum absolute atomic E-state index is 0.0881. The highest BCUT2D eigenvalue weighted by Crippen LogP contribution is 2.22. The van der Waals surface area contributed by atoms with Gasteiger partial charge in [0.1, 0.15) is 12.1 Å². The molecule has 152 valence electrons. The molecular formula is C23H17N5O3. The van der Waals surface area contributed by atoms with Crippen LogP contribution >= 0.6 is 0 Å². The van der Waals surface area contributed by atoms with Gasteiger partial charge in [0.25, 0.3) is 11.4 Å². The van der Waals surface area contributed by atoms with Gasteiger partial charge in [-0.2, -0.15) is 10.2 Å². The summed E-state index contributed by atoms with van der Waals surface area (Å²) in [5.74, 6) is 0.0988. The number of hydrogen-bond acceptors (Lipinski definition) is 6. The number of nitrogens with one attached hydrogen (secondary N) is 1. The van der Waals surface area contributed by atoms with Crippen LogP contribution in [-0.4, -0.2) is 20.6 Å². The van der Waals surface area contributed by atoms with E-state index in [-0.39, 0.29) is 23.9 Å². The van der Waals surface area contributed by atoms with Crippen molar-refractivity contribution < 1.29 is 9.32 Å². The third kappa shape index (κ3) is 4.26. The molecule has 8 nitrogen and oxygen atoms in total. The van der Waals surface area contributed by atoms with Crippen LogP contribution in [0.15, 0.2) is 76.2 Å². The molecule has 0 bridgehead atoms. The molecule has 0 saturated heterocycles. The molecule has 0 aliphatic rings. The Morgan fingerprint density at radius 1 is 1.10 bits per heavy atom. The molecule has 1 N–H and O–H groups in total. The second-order valence-corrected chi connectivity index (χ2v) is 6.83. The summed E-state index contributed by atoms with van der Waals surface area (Å²) in [7, 11) is 0. The molecule has 0 unspecified atom stereocenters. The number of carbonyl (C=O) groups excluding carboxylic acids is 1. The maximum Gasteiger partial charge on any atom is 0.263 e. The molecule has 0 radical (unpaired) electrons. The number of benzene rings is 2. The van der Waals surface area contributed by atoms with E-state index < -0.39 is 5.56 Å². The minimum atomic E-state index is -0.419. The first kappa shape index (κ1) is 19.8. The molecule has 2 aromatic carbocycles.